The fraction of sp³-hybridized carbons (Fsp3) is 0.316. The number of hydrogen-bond donors (Lipinski definition) is 3. The molecule has 1 aliphatic rings. The van der Waals surface area contributed by atoms with E-state index in [-0.39, 0.29) is 11.7 Å². The van der Waals surface area contributed by atoms with Gasteiger partial charge in [0, 0.05) is 32.0 Å². The highest BCUT2D eigenvalue weighted by molar-refractivity contribution is 8.24. The molecule has 1 fully saturated rings. The summed E-state index contributed by atoms with van der Waals surface area (Å²) in [5.41, 5.74) is 2.08. The molecule has 4 heterocycles. The van der Waals surface area contributed by atoms with Crippen molar-refractivity contribution in [1.29, 1.82) is 0 Å². The van der Waals surface area contributed by atoms with E-state index in [0.717, 1.165) is 11.2 Å². The number of carbonyl (C=O) groups excluding carboxylic acids is 1. The third-order valence-electron chi connectivity index (χ3n) is 4.88. The Morgan fingerprint density at radius 1 is 1.24 bits per heavy atom. The average Bonchev–Trinajstić information content (AvgIpc) is 3.09. The molecule has 0 aromatic carbocycles. The molecule has 1 aliphatic heterocycles. The first kappa shape index (κ1) is 19.6. The van der Waals surface area contributed by atoms with E-state index in [9.17, 15) is 13.9 Å². The van der Waals surface area contributed by atoms with E-state index in [4.69, 9.17) is 4.74 Å². The predicted octanol–water partition coefficient (Wildman–Crippen LogP) is 2.56. The molecule has 0 unspecified atom stereocenters. The van der Waals surface area contributed by atoms with Crippen LogP contribution in [-0.4, -0.2) is 66.0 Å². The third kappa shape index (κ3) is 4.20. The molecule has 154 valence electrons. The summed E-state index contributed by atoms with van der Waals surface area (Å²) in [7, 11) is -0.954. The van der Waals surface area contributed by atoms with Gasteiger partial charge >= 0.3 is 0 Å². The van der Waals surface area contributed by atoms with Gasteiger partial charge in [-0.05, 0) is 24.3 Å². The van der Waals surface area contributed by atoms with E-state index in [1.54, 1.807) is 28.9 Å². The highest BCUT2D eigenvalue weighted by atomic mass is 32.3. The van der Waals surface area contributed by atoms with Gasteiger partial charge in [0.1, 0.15) is 5.69 Å². The Hall–Kier alpha value is -2.66. The summed E-state index contributed by atoms with van der Waals surface area (Å²) >= 11 is 0. The molecule has 1 saturated heterocycles. The Morgan fingerprint density at radius 3 is 2.79 bits per heavy atom. The zero-order valence-electron chi connectivity index (χ0n) is 16.0. The van der Waals surface area contributed by atoms with E-state index in [2.05, 4.69) is 20.2 Å². The number of rotatable bonds is 5. The van der Waals surface area contributed by atoms with E-state index in [0.29, 0.717) is 42.7 Å². The lowest BCUT2D eigenvalue weighted by Crippen LogP contribution is -2.37. The maximum Gasteiger partial charge on any atom is 0.292 e. The van der Waals surface area contributed by atoms with Gasteiger partial charge in [-0.2, -0.15) is 10.6 Å². The van der Waals surface area contributed by atoms with Gasteiger partial charge in [-0.25, -0.2) is 9.97 Å². The van der Waals surface area contributed by atoms with Crippen LogP contribution in [0.2, 0.25) is 0 Å². The monoisotopic (exact) mass is 417 g/mol. The Balaban J connectivity index is 1.60. The first-order valence-electron chi connectivity index (χ1n) is 9.19. The van der Waals surface area contributed by atoms with E-state index >= 15 is 0 Å². The number of fused-ring (bicyclic) bond motifs is 1. The van der Waals surface area contributed by atoms with Gasteiger partial charge < -0.3 is 10.1 Å². The van der Waals surface area contributed by atoms with E-state index < -0.39 is 10.6 Å². The molecule has 1 amide bonds. The van der Waals surface area contributed by atoms with Gasteiger partial charge in [0.15, 0.2) is 0 Å². The van der Waals surface area contributed by atoms with Gasteiger partial charge in [-0.1, -0.05) is 6.07 Å². The summed E-state index contributed by atoms with van der Waals surface area (Å²) in [6.45, 7) is 1.71. The molecule has 4 rings (SSSR count). The van der Waals surface area contributed by atoms with Crippen molar-refractivity contribution in [3.8, 4) is 5.88 Å². The molecule has 3 aromatic rings. The summed E-state index contributed by atoms with van der Waals surface area (Å²) in [4.78, 5) is 23.7. The van der Waals surface area contributed by atoms with Crippen LogP contribution in [0.3, 0.4) is 0 Å². The number of amides is 1. The lowest BCUT2D eigenvalue weighted by Gasteiger charge is -2.40. The lowest BCUT2D eigenvalue weighted by molar-refractivity contribution is 0.101. The Kier molecular flexibility index (Phi) is 5.41. The lowest BCUT2D eigenvalue weighted by atomic mass is 10.3. The zero-order chi connectivity index (χ0) is 20.4. The van der Waals surface area contributed by atoms with Crippen molar-refractivity contribution in [3.05, 3.63) is 54.2 Å². The topological polar surface area (TPSA) is 112 Å². The smallest absolute Gasteiger partial charge is 0.292 e. The molecule has 3 aromatic heterocycles. The normalized spacial score (nSPS) is 17.8. The minimum absolute atomic E-state index is 0.266. The summed E-state index contributed by atoms with van der Waals surface area (Å²) in [6.07, 6.45) is 3.39. The standard InChI is InChI=1S/C19H23N5O4S/c1-28-19-14(5-4-7-20-19)22-18(25)17-21-15(16-6-2-3-8-24(16)17)13-23-9-11-29(26,27)12-10-23/h2-8,26-27H,9-13H2,1H3,(H,22,25). The molecular formula is C19H23N5O4S. The maximum atomic E-state index is 12.9. The Labute approximate surface area is 169 Å². The third-order valence-corrected chi connectivity index (χ3v) is 6.56. The SMILES string of the molecule is COc1ncccc1NC(=O)c1nc(CN2CCS(O)(O)CC2)c2ccccn12. The van der Waals surface area contributed by atoms with Gasteiger partial charge in [0.05, 0.1) is 29.8 Å². The largest absolute Gasteiger partial charge is 0.480 e. The number of pyridine rings is 2. The second-order valence-electron chi connectivity index (χ2n) is 6.84. The molecule has 0 aliphatic carbocycles. The molecule has 0 radical (unpaired) electrons. The predicted molar refractivity (Wildman–Crippen MR) is 112 cm³/mol. The fourth-order valence-corrected chi connectivity index (χ4v) is 4.65. The van der Waals surface area contributed by atoms with Crippen molar-refractivity contribution in [3.63, 3.8) is 0 Å². The van der Waals surface area contributed by atoms with Gasteiger partial charge in [-0.15, -0.1) is 0 Å². The van der Waals surface area contributed by atoms with Crippen molar-refractivity contribution >= 4 is 27.7 Å². The van der Waals surface area contributed by atoms with Crippen molar-refractivity contribution in [2.45, 2.75) is 6.54 Å². The number of nitrogens with zero attached hydrogens (tertiary/aromatic N) is 4. The quantitative estimate of drug-likeness (QED) is 0.585. The first-order chi connectivity index (χ1) is 14.0. The summed E-state index contributed by atoms with van der Waals surface area (Å²) in [6, 6.07) is 9.09. The number of ether oxygens (including phenoxy) is 1. The number of aromatic nitrogens is 3. The number of hydrogen-bond acceptors (Lipinski definition) is 7. The van der Waals surface area contributed by atoms with Crippen LogP contribution in [-0.2, 0) is 6.54 Å². The molecule has 0 bridgehead atoms. The van der Waals surface area contributed by atoms with Crippen molar-refractivity contribution < 1.29 is 18.6 Å². The van der Waals surface area contributed by atoms with Gasteiger partial charge in [0.2, 0.25) is 11.7 Å². The van der Waals surface area contributed by atoms with Crippen LogP contribution in [0.15, 0.2) is 42.7 Å². The van der Waals surface area contributed by atoms with Crippen LogP contribution in [0.4, 0.5) is 5.69 Å². The molecule has 29 heavy (non-hydrogen) atoms. The van der Waals surface area contributed by atoms with Crippen molar-refractivity contribution in [2.24, 2.45) is 0 Å². The molecule has 10 heteroatoms. The number of imidazole rings is 1. The minimum atomic E-state index is -2.45. The van der Waals surface area contributed by atoms with Crippen LogP contribution in [0.1, 0.15) is 16.3 Å². The van der Waals surface area contributed by atoms with Crippen LogP contribution < -0.4 is 10.1 Å². The zero-order valence-corrected chi connectivity index (χ0v) is 16.8. The first-order valence-corrected chi connectivity index (χ1v) is 11.1. The van der Waals surface area contributed by atoms with E-state index in [1.165, 1.54) is 7.11 Å². The van der Waals surface area contributed by atoms with Crippen LogP contribution in [0.5, 0.6) is 5.88 Å². The van der Waals surface area contributed by atoms with Crippen molar-refractivity contribution in [2.75, 3.05) is 37.0 Å². The maximum absolute atomic E-state index is 12.9. The second-order valence-corrected chi connectivity index (χ2v) is 9.26. The molecular weight excluding hydrogens is 394 g/mol. The molecule has 0 spiro atoms. The van der Waals surface area contributed by atoms with Crippen LogP contribution in [0, 0.1) is 0 Å². The Morgan fingerprint density at radius 2 is 2.03 bits per heavy atom. The van der Waals surface area contributed by atoms with Crippen LogP contribution >= 0.6 is 10.6 Å². The number of carbonyl (C=O) groups is 1. The molecule has 3 N–H and O–H groups in total. The summed E-state index contributed by atoms with van der Waals surface area (Å²) in [5, 5.41) is 2.81. The molecule has 9 nitrogen and oxygen atoms in total. The Bertz CT molecular complexity index is 1030. The van der Waals surface area contributed by atoms with Crippen molar-refractivity contribution in [1.82, 2.24) is 19.3 Å². The van der Waals surface area contributed by atoms with Gasteiger partial charge in [0.25, 0.3) is 5.91 Å². The number of anilines is 1. The fourth-order valence-electron chi connectivity index (χ4n) is 3.34. The highest BCUT2D eigenvalue weighted by Gasteiger charge is 2.25. The average molecular weight is 417 g/mol. The minimum Gasteiger partial charge on any atom is -0.480 e. The highest BCUT2D eigenvalue weighted by Crippen LogP contribution is 2.40. The second kappa shape index (κ2) is 7.99. The van der Waals surface area contributed by atoms with E-state index in [1.807, 2.05) is 18.2 Å². The molecule has 0 atom stereocenters. The number of nitrogens with one attached hydrogen (secondary N) is 1. The summed E-state index contributed by atoms with van der Waals surface area (Å²) < 4.78 is 26.6. The summed E-state index contributed by atoms with van der Waals surface area (Å²) in [5.74, 6) is 0.966. The molecule has 0 saturated carbocycles. The number of methoxy groups -OCH3 is 1. The van der Waals surface area contributed by atoms with Crippen LogP contribution in [0.25, 0.3) is 5.52 Å². The van der Waals surface area contributed by atoms with Gasteiger partial charge in [-0.3, -0.25) is 23.2 Å².